The zero-order valence-corrected chi connectivity index (χ0v) is 16.0. The summed E-state index contributed by atoms with van der Waals surface area (Å²) in [6, 6.07) is 14.7. The number of H-pyrrole nitrogens is 1. The minimum atomic E-state index is -0.927. The van der Waals surface area contributed by atoms with E-state index in [9.17, 15) is 9.59 Å². The van der Waals surface area contributed by atoms with Crippen molar-refractivity contribution in [2.45, 2.75) is 12.0 Å². The van der Waals surface area contributed by atoms with Crippen LogP contribution in [0.15, 0.2) is 59.5 Å². The number of aromatic nitrogens is 1. The van der Waals surface area contributed by atoms with Crippen molar-refractivity contribution in [2.75, 3.05) is 24.7 Å². The van der Waals surface area contributed by atoms with E-state index in [0.29, 0.717) is 37.0 Å². The highest BCUT2D eigenvalue weighted by Crippen LogP contribution is 2.54. The summed E-state index contributed by atoms with van der Waals surface area (Å²) in [5.74, 6) is 1.87. The van der Waals surface area contributed by atoms with Gasteiger partial charge in [-0.25, -0.2) is 0 Å². The van der Waals surface area contributed by atoms with Gasteiger partial charge >= 0.3 is 0 Å². The molecule has 0 saturated carbocycles. The molecule has 0 aliphatic carbocycles. The summed E-state index contributed by atoms with van der Waals surface area (Å²) in [5, 5.41) is 0. The van der Waals surface area contributed by atoms with Crippen molar-refractivity contribution in [3.8, 4) is 17.2 Å². The number of amides is 1. The Hall–Kier alpha value is -3.74. The molecule has 1 spiro atoms. The zero-order valence-electron chi connectivity index (χ0n) is 16.0. The van der Waals surface area contributed by atoms with Crippen LogP contribution in [0.4, 0.5) is 5.69 Å². The number of para-hydroxylation sites is 1. The van der Waals surface area contributed by atoms with Gasteiger partial charge in [-0.15, -0.1) is 0 Å². The van der Waals surface area contributed by atoms with Gasteiger partial charge in [0.2, 0.25) is 11.5 Å². The number of nitrogens with one attached hydrogen (secondary N) is 1. The van der Waals surface area contributed by atoms with Gasteiger partial charge in [-0.2, -0.15) is 0 Å². The first-order valence-electron chi connectivity index (χ1n) is 9.83. The van der Waals surface area contributed by atoms with E-state index in [1.165, 1.54) is 6.07 Å². The number of carbonyl (C=O) groups excluding carboxylic acids is 1. The highest BCUT2D eigenvalue weighted by atomic mass is 16.6. The average molecular weight is 402 g/mol. The summed E-state index contributed by atoms with van der Waals surface area (Å²) < 4.78 is 17.5. The monoisotopic (exact) mass is 402 g/mol. The lowest BCUT2D eigenvalue weighted by molar-refractivity contribution is -0.122. The standard InChI is InChI=1S/C23H18N2O5/c26-21-6-5-14(11-24-21)12-25-17-4-2-1-3-15(17)23(22(25)27)13-30-18-10-20-19(9-16(18)23)28-7-8-29-20/h1-6,9-11H,7-8,12-13H2,(H,24,26). The maximum Gasteiger partial charge on any atom is 0.247 e. The van der Waals surface area contributed by atoms with E-state index in [0.717, 1.165) is 22.4 Å². The quantitative estimate of drug-likeness (QED) is 0.712. The van der Waals surface area contributed by atoms with E-state index < -0.39 is 5.41 Å². The number of nitrogens with zero attached hydrogens (tertiary/aromatic N) is 1. The summed E-state index contributed by atoms with van der Waals surface area (Å²) in [6.45, 7) is 1.55. The van der Waals surface area contributed by atoms with Gasteiger partial charge in [0.25, 0.3) is 0 Å². The van der Waals surface area contributed by atoms with Crippen LogP contribution in [-0.4, -0.2) is 30.7 Å². The summed E-state index contributed by atoms with van der Waals surface area (Å²) >= 11 is 0. The van der Waals surface area contributed by atoms with Gasteiger partial charge in [-0.3, -0.25) is 9.59 Å². The Labute approximate surface area is 171 Å². The lowest BCUT2D eigenvalue weighted by atomic mass is 9.77. The molecule has 3 aliphatic rings. The summed E-state index contributed by atoms with van der Waals surface area (Å²) in [7, 11) is 0. The fourth-order valence-corrected chi connectivity index (χ4v) is 4.59. The first kappa shape index (κ1) is 17.1. The smallest absolute Gasteiger partial charge is 0.247 e. The lowest BCUT2D eigenvalue weighted by Gasteiger charge is -2.24. The normalized spacial score (nSPS) is 20.8. The predicted molar refractivity (Wildman–Crippen MR) is 108 cm³/mol. The molecule has 1 unspecified atom stereocenters. The Balaban J connectivity index is 1.49. The Bertz CT molecular complexity index is 1230. The number of carbonyl (C=O) groups is 1. The number of rotatable bonds is 2. The van der Waals surface area contributed by atoms with Gasteiger partial charge in [-0.05, 0) is 23.3 Å². The van der Waals surface area contributed by atoms with Gasteiger partial charge in [0.15, 0.2) is 11.5 Å². The number of pyridine rings is 1. The van der Waals surface area contributed by atoms with Crippen molar-refractivity contribution in [2.24, 2.45) is 0 Å². The minimum absolute atomic E-state index is 0.0506. The highest BCUT2D eigenvalue weighted by molar-refractivity contribution is 6.11. The first-order chi connectivity index (χ1) is 14.7. The SMILES string of the molecule is O=C1N(Cc2ccc(=O)[nH]c2)c2ccccc2C12COc1cc3c(cc12)OCCO3. The van der Waals surface area contributed by atoms with Crippen LogP contribution < -0.4 is 24.7 Å². The molecule has 0 fully saturated rings. The number of benzene rings is 2. The Kier molecular flexibility index (Phi) is 3.50. The van der Waals surface area contributed by atoms with E-state index in [1.807, 2.05) is 36.4 Å². The second-order valence-electron chi connectivity index (χ2n) is 7.66. The summed E-state index contributed by atoms with van der Waals surface area (Å²) in [4.78, 5) is 29.7. The molecule has 3 aliphatic heterocycles. The Morgan fingerprint density at radius 2 is 1.70 bits per heavy atom. The van der Waals surface area contributed by atoms with E-state index >= 15 is 0 Å². The molecule has 6 rings (SSSR count). The topological polar surface area (TPSA) is 80.9 Å². The lowest BCUT2D eigenvalue weighted by Crippen LogP contribution is -2.42. The van der Waals surface area contributed by atoms with Crippen LogP contribution in [0.2, 0.25) is 0 Å². The Morgan fingerprint density at radius 3 is 2.50 bits per heavy atom. The maximum absolute atomic E-state index is 13.9. The molecule has 0 saturated heterocycles. The molecule has 4 heterocycles. The number of anilines is 1. The molecular weight excluding hydrogens is 384 g/mol. The zero-order chi connectivity index (χ0) is 20.3. The third-order valence-electron chi connectivity index (χ3n) is 6.00. The van der Waals surface area contributed by atoms with E-state index in [1.54, 1.807) is 17.2 Å². The van der Waals surface area contributed by atoms with Crippen molar-refractivity contribution < 1.29 is 19.0 Å². The molecule has 1 aromatic heterocycles. The Morgan fingerprint density at radius 1 is 0.900 bits per heavy atom. The van der Waals surface area contributed by atoms with Crippen LogP contribution in [0, 0.1) is 0 Å². The van der Waals surface area contributed by atoms with E-state index in [2.05, 4.69) is 4.98 Å². The number of fused-ring (bicyclic) bond motifs is 5. The fourth-order valence-electron chi connectivity index (χ4n) is 4.59. The van der Waals surface area contributed by atoms with Crippen LogP contribution in [0.3, 0.4) is 0 Å². The molecule has 30 heavy (non-hydrogen) atoms. The number of ether oxygens (including phenoxy) is 3. The van der Waals surface area contributed by atoms with Crippen LogP contribution in [0.5, 0.6) is 17.2 Å². The second kappa shape index (κ2) is 6.13. The molecule has 1 amide bonds. The molecule has 1 N–H and O–H groups in total. The predicted octanol–water partition coefficient (Wildman–Crippen LogP) is 2.37. The van der Waals surface area contributed by atoms with Crippen molar-refractivity contribution in [3.05, 3.63) is 81.8 Å². The van der Waals surface area contributed by atoms with Gasteiger partial charge in [0.05, 0.1) is 6.54 Å². The molecule has 2 aromatic carbocycles. The molecule has 1 atom stereocenters. The number of aromatic amines is 1. The molecule has 0 radical (unpaired) electrons. The van der Waals surface area contributed by atoms with Crippen molar-refractivity contribution in [1.82, 2.24) is 4.98 Å². The van der Waals surface area contributed by atoms with Crippen LogP contribution >= 0.6 is 0 Å². The van der Waals surface area contributed by atoms with Gasteiger partial charge in [0, 0.05) is 29.6 Å². The first-order valence-corrected chi connectivity index (χ1v) is 9.83. The van der Waals surface area contributed by atoms with E-state index in [4.69, 9.17) is 14.2 Å². The van der Waals surface area contributed by atoms with Crippen LogP contribution in [0.1, 0.15) is 16.7 Å². The van der Waals surface area contributed by atoms with Gasteiger partial charge in [-0.1, -0.05) is 24.3 Å². The third kappa shape index (κ3) is 2.26. The van der Waals surface area contributed by atoms with E-state index in [-0.39, 0.29) is 18.1 Å². The number of hydrogen-bond donors (Lipinski definition) is 1. The molecule has 7 nitrogen and oxygen atoms in total. The minimum Gasteiger partial charge on any atom is -0.491 e. The molecule has 3 aromatic rings. The number of hydrogen-bond acceptors (Lipinski definition) is 5. The maximum atomic E-state index is 13.9. The third-order valence-corrected chi connectivity index (χ3v) is 6.00. The van der Waals surface area contributed by atoms with Gasteiger partial charge < -0.3 is 24.1 Å². The summed E-state index contributed by atoms with van der Waals surface area (Å²) in [5.41, 5.74) is 2.30. The molecular formula is C23H18N2O5. The highest BCUT2D eigenvalue weighted by Gasteiger charge is 2.57. The van der Waals surface area contributed by atoms with Crippen LogP contribution in [-0.2, 0) is 16.8 Å². The fraction of sp³-hybridized carbons (Fsp3) is 0.217. The van der Waals surface area contributed by atoms with Crippen molar-refractivity contribution in [1.29, 1.82) is 0 Å². The summed E-state index contributed by atoms with van der Waals surface area (Å²) in [6.07, 6.45) is 1.64. The molecule has 150 valence electrons. The molecule has 0 bridgehead atoms. The van der Waals surface area contributed by atoms with Crippen molar-refractivity contribution >= 4 is 11.6 Å². The van der Waals surface area contributed by atoms with Crippen molar-refractivity contribution in [3.63, 3.8) is 0 Å². The average Bonchev–Trinajstić information content (AvgIpc) is 3.26. The second-order valence-corrected chi connectivity index (χ2v) is 7.66. The molecule has 7 heteroatoms. The largest absolute Gasteiger partial charge is 0.491 e. The van der Waals surface area contributed by atoms with Crippen LogP contribution in [0.25, 0.3) is 0 Å². The van der Waals surface area contributed by atoms with Gasteiger partial charge in [0.1, 0.15) is 31.0 Å².